The van der Waals surface area contributed by atoms with Gasteiger partial charge in [-0.15, -0.1) is 0 Å². The smallest absolute Gasteiger partial charge is 0.311 e. The minimum atomic E-state index is -4.68. The first-order valence-corrected chi connectivity index (χ1v) is 9.94. The van der Waals surface area contributed by atoms with Gasteiger partial charge in [0.05, 0.1) is 11.4 Å². The van der Waals surface area contributed by atoms with Gasteiger partial charge in [0, 0.05) is 29.5 Å². The summed E-state index contributed by atoms with van der Waals surface area (Å²) < 4.78 is 34.4. The summed E-state index contributed by atoms with van der Waals surface area (Å²) >= 11 is 6.04. The number of amides is 1. The first-order valence-electron chi connectivity index (χ1n) is 8.19. The van der Waals surface area contributed by atoms with Crippen LogP contribution in [0.25, 0.3) is 0 Å². The monoisotopic (exact) mass is 386 g/mol. The van der Waals surface area contributed by atoms with Crippen LogP contribution in [0.1, 0.15) is 44.1 Å². The molecule has 1 aliphatic heterocycles. The lowest BCUT2D eigenvalue weighted by atomic mass is 9.87. The standard InChI is InChI=1S/C16H19ClN2O5S/c17-12-6-7-15-13(10-12)14(18-24-25(21,22)23)8-9-19(15)16(20)11-4-2-1-3-5-11/h6-7,10-11H,1-5,8-9H2,(H,21,22,23)/b18-14+. The zero-order chi connectivity index (χ0) is 18.0. The van der Waals surface area contributed by atoms with Gasteiger partial charge in [-0.2, -0.15) is 8.42 Å². The van der Waals surface area contributed by atoms with Crippen LogP contribution < -0.4 is 4.90 Å². The summed E-state index contributed by atoms with van der Waals surface area (Å²) in [6.45, 7) is 0.373. The van der Waals surface area contributed by atoms with Gasteiger partial charge in [0.25, 0.3) is 0 Å². The van der Waals surface area contributed by atoms with Gasteiger partial charge in [0.1, 0.15) is 0 Å². The van der Waals surface area contributed by atoms with Gasteiger partial charge < -0.3 is 4.90 Å². The number of nitrogens with zero attached hydrogens (tertiary/aromatic N) is 2. The minimum Gasteiger partial charge on any atom is -0.311 e. The van der Waals surface area contributed by atoms with E-state index in [1.54, 1.807) is 23.1 Å². The van der Waals surface area contributed by atoms with Crippen LogP contribution in [0.15, 0.2) is 23.4 Å². The second-order valence-corrected chi connectivity index (χ2v) is 7.72. The molecule has 0 unspecified atom stereocenters. The maximum absolute atomic E-state index is 12.9. The third kappa shape index (κ3) is 4.31. The SMILES string of the molecule is O=C(C1CCCCC1)N1CC/C(=N\OS(=O)(=O)O)c2cc(Cl)ccc21. The number of benzene rings is 1. The van der Waals surface area contributed by atoms with Gasteiger partial charge in [-0.25, -0.2) is 4.28 Å². The molecule has 0 spiro atoms. The van der Waals surface area contributed by atoms with Crippen molar-refractivity contribution in [3.05, 3.63) is 28.8 Å². The largest absolute Gasteiger partial charge is 0.466 e. The topological polar surface area (TPSA) is 96.3 Å². The Morgan fingerprint density at radius 1 is 1.28 bits per heavy atom. The highest BCUT2D eigenvalue weighted by Gasteiger charge is 2.32. The fourth-order valence-electron chi connectivity index (χ4n) is 3.43. The molecule has 1 aliphatic carbocycles. The van der Waals surface area contributed by atoms with Crippen molar-refractivity contribution >= 4 is 39.3 Å². The molecule has 0 saturated heterocycles. The van der Waals surface area contributed by atoms with Crippen molar-refractivity contribution in [2.45, 2.75) is 38.5 Å². The van der Waals surface area contributed by atoms with E-state index in [4.69, 9.17) is 16.2 Å². The highest BCUT2D eigenvalue weighted by atomic mass is 35.5. The van der Waals surface area contributed by atoms with Crippen LogP contribution in [0.2, 0.25) is 5.02 Å². The Balaban J connectivity index is 1.92. The van der Waals surface area contributed by atoms with Crippen LogP contribution in [0, 0.1) is 5.92 Å². The molecule has 0 aromatic heterocycles. The average molecular weight is 387 g/mol. The minimum absolute atomic E-state index is 0.0184. The highest BCUT2D eigenvalue weighted by Crippen LogP contribution is 2.34. The molecule has 25 heavy (non-hydrogen) atoms. The van der Waals surface area contributed by atoms with Crippen molar-refractivity contribution in [2.75, 3.05) is 11.4 Å². The van der Waals surface area contributed by atoms with Crippen LogP contribution in [-0.2, 0) is 19.5 Å². The maximum atomic E-state index is 12.9. The number of rotatable bonds is 3. The summed E-state index contributed by atoms with van der Waals surface area (Å²) in [5.74, 6) is 0.0999. The molecular formula is C16H19ClN2O5S. The summed E-state index contributed by atoms with van der Waals surface area (Å²) in [5.41, 5.74) is 1.48. The Hall–Kier alpha value is -1.64. The Morgan fingerprint density at radius 2 is 2.00 bits per heavy atom. The summed E-state index contributed by atoms with van der Waals surface area (Å²) in [5, 5.41) is 3.96. The van der Waals surface area contributed by atoms with E-state index in [0.717, 1.165) is 25.7 Å². The fourth-order valence-corrected chi connectivity index (χ4v) is 3.79. The number of carbonyl (C=O) groups excluding carboxylic acids is 1. The molecular weight excluding hydrogens is 368 g/mol. The Labute approximate surface area is 151 Å². The van der Waals surface area contributed by atoms with Gasteiger partial charge in [-0.3, -0.25) is 9.35 Å². The Bertz CT molecular complexity index is 803. The first-order chi connectivity index (χ1) is 11.8. The summed E-state index contributed by atoms with van der Waals surface area (Å²) in [6.07, 6.45) is 5.39. The fraction of sp³-hybridized carbons (Fsp3) is 0.500. The molecule has 9 heteroatoms. The van der Waals surface area contributed by atoms with Gasteiger partial charge in [0.2, 0.25) is 5.91 Å². The van der Waals surface area contributed by atoms with E-state index in [-0.39, 0.29) is 11.8 Å². The quantitative estimate of drug-likeness (QED) is 0.635. The molecule has 2 aliphatic rings. The number of hydrogen-bond acceptors (Lipinski definition) is 5. The highest BCUT2D eigenvalue weighted by molar-refractivity contribution is 7.80. The molecule has 1 aromatic rings. The van der Waals surface area contributed by atoms with E-state index >= 15 is 0 Å². The maximum Gasteiger partial charge on any atom is 0.466 e. The molecule has 7 nitrogen and oxygen atoms in total. The zero-order valence-corrected chi connectivity index (χ0v) is 15.1. The normalized spacial score (nSPS) is 20.4. The second-order valence-electron chi connectivity index (χ2n) is 6.28. The lowest BCUT2D eigenvalue weighted by molar-refractivity contribution is -0.123. The number of anilines is 1. The summed E-state index contributed by atoms with van der Waals surface area (Å²) in [4.78, 5) is 14.6. The predicted molar refractivity (Wildman–Crippen MR) is 94.2 cm³/mol. The van der Waals surface area contributed by atoms with Gasteiger partial charge in [0.15, 0.2) is 0 Å². The Kier molecular flexibility index (Phi) is 5.31. The molecule has 1 heterocycles. The molecule has 136 valence electrons. The molecule has 1 saturated carbocycles. The third-order valence-electron chi connectivity index (χ3n) is 4.59. The number of halogens is 1. The van der Waals surface area contributed by atoms with Crippen LogP contribution in [0.4, 0.5) is 5.69 Å². The summed E-state index contributed by atoms with van der Waals surface area (Å²) in [7, 11) is -4.68. The molecule has 1 fully saturated rings. The average Bonchev–Trinajstić information content (AvgIpc) is 2.59. The third-order valence-corrected chi connectivity index (χ3v) is 5.09. The van der Waals surface area contributed by atoms with E-state index in [0.29, 0.717) is 35.0 Å². The number of hydrogen-bond donors (Lipinski definition) is 1. The lowest BCUT2D eigenvalue weighted by Crippen LogP contribution is -2.41. The van der Waals surface area contributed by atoms with Crippen molar-refractivity contribution in [2.24, 2.45) is 11.1 Å². The van der Waals surface area contributed by atoms with Gasteiger partial charge in [-0.05, 0) is 31.0 Å². The van der Waals surface area contributed by atoms with E-state index in [2.05, 4.69) is 9.44 Å². The number of carbonyl (C=O) groups is 1. The molecule has 1 aromatic carbocycles. The van der Waals surface area contributed by atoms with Gasteiger partial charge in [-0.1, -0.05) is 36.0 Å². The predicted octanol–water partition coefficient (Wildman–Crippen LogP) is 3.18. The van der Waals surface area contributed by atoms with Crippen molar-refractivity contribution in [3.63, 3.8) is 0 Å². The van der Waals surface area contributed by atoms with Crippen molar-refractivity contribution in [3.8, 4) is 0 Å². The molecule has 1 N–H and O–H groups in total. The lowest BCUT2D eigenvalue weighted by Gasteiger charge is -2.34. The molecule has 0 radical (unpaired) electrons. The molecule has 3 rings (SSSR count). The van der Waals surface area contributed by atoms with Crippen LogP contribution >= 0.6 is 11.6 Å². The van der Waals surface area contributed by atoms with Gasteiger partial charge >= 0.3 is 10.4 Å². The molecule has 1 amide bonds. The Morgan fingerprint density at radius 3 is 2.68 bits per heavy atom. The van der Waals surface area contributed by atoms with E-state index < -0.39 is 10.4 Å². The molecule has 0 bridgehead atoms. The van der Waals surface area contributed by atoms with Crippen molar-refractivity contribution in [1.29, 1.82) is 0 Å². The second kappa shape index (κ2) is 7.31. The van der Waals surface area contributed by atoms with Crippen molar-refractivity contribution in [1.82, 2.24) is 0 Å². The summed E-state index contributed by atoms with van der Waals surface area (Å²) in [6, 6.07) is 5.01. The molecule has 0 atom stereocenters. The van der Waals surface area contributed by atoms with Crippen LogP contribution in [-0.4, -0.2) is 31.1 Å². The number of oxime groups is 1. The number of fused-ring (bicyclic) bond motifs is 1. The van der Waals surface area contributed by atoms with E-state index in [9.17, 15) is 13.2 Å². The first kappa shape index (κ1) is 18.2. The van der Waals surface area contributed by atoms with Crippen molar-refractivity contribution < 1.29 is 22.0 Å². The van der Waals surface area contributed by atoms with Crippen LogP contribution in [0.3, 0.4) is 0 Å². The zero-order valence-electron chi connectivity index (χ0n) is 13.5. The van der Waals surface area contributed by atoms with E-state index in [1.165, 1.54) is 6.42 Å². The van der Waals surface area contributed by atoms with Crippen LogP contribution in [0.5, 0.6) is 0 Å². The van der Waals surface area contributed by atoms with E-state index in [1.807, 2.05) is 0 Å².